The van der Waals surface area contributed by atoms with E-state index in [-0.39, 0.29) is 11.5 Å². The Kier molecular flexibility index (Phi) is 3.50. The lowest BCUT2D eigenvalue weighted by Crippen LogP contribution is -2.18. The smallest absolute Gasteiger partial charge is 0.340 e. The van der Waals surface area contributed by atoms with E-state index in [1.54, 1.807) is 0 Å². The predicted molar refractivity (Wildman–Crippen MR) is 63.0 cm³/mol. The topological polar surface area (TPSA) is 63.3 Å². The van der Waals surface area contributed by atoms with Crippen molar-refractivity contribution < 1.29 is 14.4 Å². The molecule has 2 rings (SSSR count). The summed E-state index contributed by atoms with van der Waals surface area (Å²) in [6.45, 7) is 4.50. The molecule has 17 heavy (non-hydrogen) atoms. The molecule has 0 atom stereocenters. The monoisotopic (exact) mass is 237 g/mol. The van der Waals surface area contributed by atoms with Crippen LogP contribution in [0, 0.1) is 11.8 Å². The van der Waals surface area contributed by atoms with E-state index >= 15 is 0 Å². The van der Waals surface area contributed by atoms with Gasteiger partial charge < -0.3 is 9.63 Å². The van der Waals surface area contributed by atoms with E-state index in [1.165, 1.54) is 6.20 Å². The summed E-state index contributed by atoms with van der Waals surface area (Å²) in [5.74, 6) is 1.35. The largest absolute Gasteiger partial charge is 0.478 e. The van der Waals surface area contributed by atoms with Gasteiger partial charge in [-0.05, 0) is 37.5 Å². The standard InChI is InChI=1S/C13H19NO3/c1-8(2)9-3-5-10(6-4-9)12-11(13(15)16)7-14-17-12/h7-10H,3-6H2,1-2H3,(H,15,16). The zero-order valence-corrected chi connectivity index (χ0v) is 10.3. The average molecular weight is 237 g/mol. The van der Waals surface area contributed by atoms with Crippen molar-refractivity contribution in [3.8, 4) is 0 Å². The fourth-order valence-electron chi connectivity index (χ4n) is 2.75. The van der Waals surface area contributed by atoms with Gasteiger partial charge in [0, 0.05) is 5.92 Å². The highest BCUT2D eigenvalue weighted by Gasteiger charge is 2.29. The molecule has 4 heteroatoms. The molecular formula is C13H19NO3. The highest BCUT2D eigenvalue weighted by molar-refractivity contribution is 5.88. The zero-order chi connectivity index (χ0) is 12.4. The van der Waals surface area contributed by atoms with Crippen molar-refractivity contribution in [1.82, 2.24) is 5.16 Å². The lowest BCUT2D eigenvalue weighted by atomic mass is 9.76. The molecule has 1 aromatic heterocycles. The van der Waals surface area contributed by atoms with E-state index in [4.69, 9.17) is 9.63 Å². The second-order valence-electron chi connectivity index (χ2n) is 5.26. The van der Waals surface area contributed by atoms with Crippen molar-refractivity contribution in [3.05, 3.63) is 17.5 Å². The molecule has 0 unspecified atom stereocenters. The van der Waals surface area contributed by atoms with Gasteiger partial charge in [0.2, 0.25) is 0 Å². The third-order valence-electron chi connectivity index (χ3n) is 3.91. The van der Waals surface area contributed by atoms with Gasteiger partial charge in [0.1, 0.15) is 5.56 Å². The van der Waals surface area contributed by atoms with E-state index in [0.29, 0.717) is 11.7 Å². The minimum Gasteiger partial charge on any atom is -0.478 e. The lowest BCUT2D eigenvalue weighted by molar-refractivity contribution is 0.0692. The molecule has 0 bridgehead atoms. The van der Waals surface area contributed by atoms with E-state index < -0.39 is 5.97 Å². The first-order valence-electron chi connectivity index (χ1n) is 6.27. The zero-order valence-electron chi connectivity index (χ0n) is 10.3. The maximum atomic E-state index is 11.0. The number of aromatic nitrogens is 1. The summed E-state index contributed by atoms with van der Waals surface area (Å²) in [7, 11) is 0. The SMILES string of the molecule is CC(C)C1CCC(c2oncc2C(=O)O)CC1. The van der Waals surface area contributed by atoms with Crippen molar-refractivity contribution >= 4 is 5.97 Å². The molecule has 0 spiro atoms. The highest BCUT2D eigenvalue weighted by atomic mass is 16.5. The molecular weight excluding hydrogens is 218 g/mol. The summed E-state index contributed by atoms with van der Waals surface area (Å²) in [5.41, 5.74) is 0.234. The molecule has 1 saturated carbocycles. The van der Waals surface area contributed by atoms with Crippen LogP contribution in [0.5, 0.6) is 0 Å². The molecule has 0 aliphatic heterocycles. The summed E-state index contributed by atoms with van der Waals surface area (Å²) >= 11 is 0. The Labute approximate surface area is 101 Å². The maximum Gasteiger partial charge on any atom is 0.340 e. The van der Waals surface area contributed by atoms with Crippen molar-refractivity contribution in [1.29, 1.82) is 0 Å². The summed E-state index contributed by atoms with van der Waals surface area (Å²) in [4.78, 5) is 11.0. The fraction of sp³-hybridized carbons (Fsp3) is 0.692. The Hall–Kier alpha value is -1.32. The van der Waals surface area contributed by atoms with E-state index in [0.717, 1.165) is 31.6 Å². The van der Waals surface area contributed by atoms with Crippen molar-refractivity contribution in [2.75, 3.05) is 0 Å². The van der Waals surface area contributed by atoms with Crippen LogP contribution in [0.1, 0.15) is 61.6 Å². The number of hydrogen-bond donors (Lipinski definition) is 1. The Morgan fingerprint density at radius 1 is 1.41 bits per heavy atom. The first-order chi connectivity index (χ1) is 8.09. The van der Waals surface area contributed by atoms with Crippen LogP contribution < -0.4 is 0 Å². The summed E-state index contributed by atoms with van der Waals surface area (Å²) < 4.78 is 5.13. The van der Waals surface area contributed by atoms with Crippen molar-refractivity contribution in [3.63, 3.8) is 0 Å². The molecule has 4 nitrogen and oxygen atoms in total. The van der Waals surface area contributed by atoms with Crippen LogP contribution in [-0.4, -0.2) is 16.2 Å². The Balaban J connectivity index is 2.05. The van der Waals surface area contributed by atoms with Crippen LogP contribution in [0.15, 0.2) is 10.7 Å². The molecule has 0 saturated heterocycles. The summed E-state index contributed by atoms with van der Waals surface area (Å²) in [6.07, 6.45) is 5.65. The minimum absolute atomic E-state index is 0.234. The van der Waals surface area contributed by atoms with Crippen LogP contribution in [0.3, 0.4) is 0 Å². The summed E-state index contributed by atoms with van der Waals surface area (Å²) in [6, 6.07) is 0. The highest BCUT2D eigenvalue weighted by Crippen LogP contribution is 2.39. The molecule has 1 fully saturated rings. The van der Waals surface area contributed by atoms with Gasteiger partial charge in [0.15, 0.2) is 5.76 Å². The first-order valence-corrected chi connectivity index (χ1v) is 6.27. The number of nitrogens with zero attached hydrogens (tertiary/aromatic N) is 1. The number of carboxylic acids is 1. The number of rotatable bonds is 3. The second-order valence-corrected chi connectivity index (χ2v) is 5.26. The number of carbonyl (C=O) groups is 1. The van der Waals surface area contributed by atoms with Crippen LogP contribution in [-0.2, 0) is 0 Å². The quantitative estimate of drug-likeness (QED) is 0.876. The molecule has 94 valence electrons. The van der Waals surface area contributed by atoms with E-state index in [2.05, 4.69) is 19.0 Å². The first kappa shape index (κ1) is 12.1. The molecule has 1 aliphatic carbocycles. The Morgan fingerprint density at radius 2 is 2.06 bits per heavy atom. The lowest BCUT2D eigenvalue weighted by Gasteiger charge is -2.29. The summed E-state index contributed by atoms with van der Waals surface area (Å²) in [5, 5.41) is 12.6. The second kappa shape index (κ2) is 4.90. The average Bonchev–Trinajstić information content (AvgIpc) is 2.78. The van der Waals surface area contributed by atoms with Gasteiger partial charge in [0.05, 0.1) is 6.20 Å². The van der Waals surface area contributed by atoms with Gasteiger partial charge in [0.25, 0.3) is 0 Å². The van der Waals surface area contributed by atoms with E-state index in [9.17, 15) is 4.79 Å². The van der Waals surface area contributed by atoms with Gasteiger partial charge in [-0.1, -0.05) is 19.0 Å². The molecule has 1 N–H and O–H groups in total. The van der Waals surface area contributed by atoms with E-state index in [1.807, 2.05) is 0 Å². The maximum absolute atomic E-state index is 11.0. The van der Waals surface area contributed by atoms with Crippen molar-refractivity contribution in [2.45, 2.75) is 45.4 Å². The van der Waals surface area contributed by atoms with Crippen LogP contribution >= 0.6 is 0 Å². The predicted octanol–water partition coefficient (Wildman–Crippen LogP) is 3.30. The molecule has 1 heterocycles. The van der Waals surface area contributed by atoms with Gasteiger partial charge in [-0.2, -0.15) is 0 Å². The molecule has 0 radical (unpaired) electrons. The number of aromatic carboxylic acids is 1. The van der Waals surface area contributed by atoms with Gasteiger partial charge in [-0.15, -0.1) is 0 Å². The third kappa shape index (κ3) is 2.51. The van der Waals surface area contributed by atoms with Crippen LogP contribution in [0.25, 0.3) is 0 Å². The minimum atomic E-state index is -0.938. The molecule has 0 aromatic carbocycles. The van der Waals surface area contributed by atoms with Gasteiger partial charge >= 0.3 is 5.97 Å². The van der Waals surface area contributed by atoms with Gasteiger partial charge in [-0.3, -0.25) is 0 Å². The number of hydrogen-bond acceptors (Lipinski definition) is 3. The van der Waals surface area contributed by atoms with Crippen molar-refractivity contribution in [2.24, 2.45) is 11.8 Å². The molecule has 0 amide bonds. The Morgan fingerprint density at radius 3 is 2.59 bits per heavy atom. The number of carboxylic acid groups (broad SMARTS) is 1. The fourth-order valence-corrected chi connectivity index (χ4v) is 2.75. The normalized spacial score (nSPS) is 25.1. The Bertz CT molecular complexity index is 389. The van der Waals surface area contributed by atoms with Gasteiger partial charge in [-0.25, -0.2) is 4.79 Å². The molecule has 1 aromatic rings. The van der Waals surface area contributed by atoms with Crippen LogP contribution in [0.2, 0.25) is 0 Å². The van der Waals surface area contributed by atoms with Crippen LogP contribution in [0.4, 0.5) is 0 Å². The third-order valence-corrected chi connectivity index (χ3v) is 3.91. The molecule has 1 aliphatic rings.